The van der Waals surface area contributed by atoms with Crippen molar-refractivity contribution < 1.29 is 14.1 Å². The van der Waals surface area contributed by atoms with Crippen molar-refractivity contribution in [3.63, 3.8) is 0 Å². The SMILES string of the molecule is CC1(C)CC[C@]2(C(=O)NCCCN3CCOCC3)CC[C@]3(C)C(=CC[C@@H]4[C@@]5(C)Cc6cnoc6C(C)(C)[C@@H]5CC[C@]43C)[C@@H]2C1. The van der Waals surface area contributed by atoms with Crippen molar-refractivity contribution in [1.29, 1.82) is 0 Å². The minimum atomic E-state index is -0.256. The molecule has 1 amide bonds. The smallest absolute Gasteiger partial charge is 0.226 e. The lowest BCUT2D eigenvalue weighted by atomic mass is 9.33. The molecular formula is C38H59N3O3. The van der Waals surface area contributed by atoms with Crippen LogP contribution in [0.15, 0.2) is 22.4 Å². The van der Waals surface area contributed by atoms with Crippen LogP contribution in [0.3, 0.4) is 0 Å². The summed E-state index contributed by atoms with van der Waals surface area (Å²) in [5.74, 6) is 3.03. The number of rotatable bonds is 5. The summed E-state index contributed by atoms with van der Waals surface area (Å²) in [6.45, 7) is 23.1. The molecule has 244 valence electrons. The molecule has 6 nitrogen and oxygen atoms in total. The Morgan fingerprint density at radius 1 is 1.00 bits per heavy atom. The molecular weight excluding hydrogens is 546 g/mol. The van der Waals surface area contributed by atoms with Crippen LogP contribution in [0, 0.1) is 44.8 Å². The van der Waals surface area contributed by atoms with Gasteiger partial charge in [-0.1, -0.05) is 65.3 Å². The first-order valence-corrected chi connectivity index (χ1v) is 18.0. The van der Waals surface area contributed by atoms with E-state index in [0.717, 1.165) is 96.5 Å². The summed E-state index contributed by atoms with van der Waals surface area (Å²) in [6.07, 6.45) is 15.9. The molecule has 0 radical (unpaired) electrons. The summed E-state index contributed by atoms with van der Waals surface area (Å²) in [5.41, 5.74) is 3.55. The van der Waals surface area contributed by atoms with Crippen LogP contribution in [0.4, 0.5) is 0 Å². The van der Waals surface area contributed by atoms with Crippen molar-refractivity contribution in [2.45, 2.75) is 118 Å². The second-order valence-electron chi connectivity index (χ2n) is 18.0. The van der Waals surface area contributed by atoms with E-state index in [2.05, 4.69) is 69.9 Å². The average Bonchev–Trinajstić information content (AvgIpc) is 3.45. The number of fused-ring (bicyclic) bond motifs is 8. The van der Waals surface area contributed by atoms with Gasteiger partial charge in [0.1, 0.15) is 5.76 Å². The predicted molar refractivity (Wildman–Crippen MR) is 174 cm³/mol. The van der Waals surface area contributed by atoms with E-state index in [1.54, 1.807) is 5.57 Å². The van der Waals surface area contributed by atoms with Gasteiger partial charge in [0.2, 0.25) is 5.91 Å². The Morgan fingerprint density at radius 3 is 2.52 bits per heavy atom. The summed E-state index contributed by atoms with van der Waals surface area (Å²) < 4.78 is 11.4. The van der Waals surface area contributed by atoms with Gasteiger partial charge in [0, 0.05) is 30.6 Å². The molecule has 6 aliphatic rings. The van der Waals surface area contributed by atoms with E-state index >= 15 is 0 Å². The molecule has 3 saturated carbocycles. The number of carbonyl (C=O) groups excluding carboxylic acids is 1. The lowest BCUT2D eigenvalue weighted by Gasteiger charge is -2.70. The van der Waals surface area contributed by atoms with Crippen molar-refractivity contribution in [3.05, 3.63) is 29.2 Å². The Kier molecular flexibility index (Phi) is 7.34. The summed E-state index contributed by atoms with van der Waals surface area (Å²) in [6, 6.07) is 0. The molecule has 44 heavy (non-hydrogen) atoms. The zero-order valence-corrected chi connectivity index (χ0v) is 28.8. The fourth-order valence-electron chi connectivity index (χ4n) is 12.4. The van der Waals surface area contributed by atoms with Crippen molar-refractivity contribution >= 4 is 5.91 Å². The number of nitrogens with zero attached hydrogens (tertiary/aromatic N) is 2. The lowest BCUT2D eigenvalue weighted by Crippen LogP contribution is -2.65. The fraction of sp³-hybridized carbons (Fsp3) is 0.842. The quantitative estimate of drug-likeness (QED) is 0.281. The number of amides is 1. The van der Waals surface area contributed by atoms with Crippen LogP contribution in [0.5, 0.6) is 0 Å². The highest BCUT2D eigenvalue weighted by Crippen LogP contribution is 2.75. The van der Waals surface area contributed by atoms with Crippen LogP contribution in [-0.4, -0.2) is 55.4 Å². The first-order chi connectivity index (χ1) is 20.8. The van der Waals surface area contributed by atoms with E-state index in [4.69, 9.17) is 9.26 Å². The van der Waals surface area contributed by atoms with Gasteiger partial charge in [-0.25, -0.2) is 0 Å². The maximum atomic E-state index is 14.4. The fourth-order valence-corrected chi connectivity index (χ4v) is 12.4. The zero-order chi connectivity index (χ0) is 31.2. The highest BCUT2D eigenvalue weighted by molar-refractivity contribution is 5.84. The van der Waals surface area contributed by atoms with Gasteiger partial charge < -0.3 is 14.6 Å². The summed E-state index contributed by atoms with van der Waals surface area (Å²) in [5, 5.41) is 7.79. The van der Waals surface area contributed by atoms with Crippen molar-refractivity contribution in [1.82, 2.24) is 15.4 Å². The maximum absolute atomic E-state index is 14.4. The molecule has 7 atom stereocenters. The van der Waals surface area contributed by atoms with Crippen LogP contribution in [0.2, 0.25) is 0 Å². The molecule has 1 saturated heterocycles. The van der Waals surface area contributed by atoms with Gasteiger partial charge in [-0.15, -0.1) is 0 Å². The van der Waals surface area contributed by atoms with Gasteiger partial charge in [0.15, 0.2) is 0 Å². The van der Waals surface area contributed by atoms with Crippen molar-refractivity contribution in [2.75, 3.05) is 39.4 Å². The monoisotopic (exact) mass is 605 g/mol. The minimum absolute atomic E-state index is 0.0000370. The van der Waals surface area contributed by atoms with E-state index < -0.39 is 0 Å². The van der Waals surface area contributed by atoms with E-state index in [0.29, 0.717) is 23.7 Å². The normalized spacial score (nSPS) is 42.5. The summed E-state index contributed by atoms with van der Waals surface area (Å²) in [4.78, 5) is 16.8. The molecule has 6 heteroatoms. The number of ether oxygens (including phenoxy) is 1. The topological polar surface area (TPSA) is 67.6 Å². The van der Waals surface area contributed by atoms with Gasteiger partial charge in [-0.2, -0.15) is 0 Å². The summed E-state index contributed by atoms with van der Waals surface area (Å²) in [7, 11) is 0. The third kappa shape index (κ3) is 4.38. The highest BCUT2D eigenvalue weighted by Gasteiger charge is 2.69. The van der Waals surface area contributed by atoms with Crippen LogP contribution in [0.1, 0.15) is 118 Å². The number of carbonyl (C=O) groups is 1. The molecule has 2 heterocycles. The number of aromatic nitrogens is 1. The number of nitrogens with one attached hydrogen (secondary N) is 1. The molecule has 1 N–H and O–H groups in total. The average molecular weight is 606 g/mol. The highest BCUT2D eigenvalue weighted by atomic mass is 16.5. The third-order valence-electron chi connectivity index (χ3n) is 15.1. The van der Waals surface area contributed by atoms with Crippen LogP contribution < -0.4 is 5.32 Å². The molecule has 0 spiro atoms. The van der Waals surface area contributed by atoms with E-state index in [1.807, 2.05) is 6.20 Å². The Balaban J connectivity index is 1.18. The zero-order valence-electron chi connectivity index (χ0n) is 28.8. The Hall–Kier alpha value is -1.66. The van der Waals surface area contributed by atoms with Gasteiger partial charge in [-0.3, -0.25) is 9.69 Å². The molecule has 1 aromatic heterocycles. The minimum Gasteiger partial charge on any atom is -0.379 e. The van der Waals surface area contributed by atoms with E-state index in [-0.39, 0.29) is 32.5 Å². The molecule has 4 fully saturated rings. The first-order valence-electron chi connectivity index (χ1n) is 18.0. The van der Waals surface area contributed by atoms with Crippen molar-refractivity contribution in [3.8, 4) is 0 Å². The molecule has 1 aromatic rings. The van der Waals surface area contributed by atoms with Crippen LogP contribution in [-0.2, 0) is 21.4 Å². The number of morpholine rings is 1. The number of hydrogen-bond donors (Lipinski definition) is 1. The largest absolute Gasteiger partial charge is 0.379 e. The van der Waals surface area contributed by atoms with Gasteiger partial charge >= 0.3 is 0 Å². The van der Waals surface area contributed by atoms with E-state index in [1.165, 1.54) is 18.4 Å². The molecule has 0 aromatic carbocycles. The Labute approximate surface area is 266 Å². The molecule has 7 rings (SSSR count). The lowest BCUT2D eigenvalue weighted by molar-refractivity contribution is -0.168. The standard InChI is InChI=1S/C38H59N3O3/c1-33(2)13-15-38(32(42)39-17-8-18-41-19-21-43-22-20-41)16-14-36(6)27(28(38)24-33)9-10-30-35(5)23-26-25-40-44-31(26)34(3,4)29(35)11-12-37(30,36)7/h9,25,28-30H,8,10-24H2,1-7H3,(H,39,42)/t28-,29-,30+,35-,36+,37+,38-/m0/s1. The van der Waals surface area contributed by atoms with Gasteiger partial charge in [0.25, 0.3) is 0 Å². The van der Waals surface area contributed by atoms with Crippen molar-refractivity contribution in [2.24, 2.45) is 44.8 Å². The van der Waals surface area contributed by atoms with Crippen LogP contribution >= 0.6 is 0 Å². The molecule has 5 aliphatic carbocycles. The molecule has 0 bridgehead atoms. The number of hydrogen-bond acceptors (Lipinski definition) is 5. The van der Waals surface area contributed by atoms with Gasteiger partial charge in [-0.05, 0) is 110 Å². The third-order valence-corrected chi connectivity index (χ3v) is 15.1. The van der Waals surface area contributed by atoms with Crippen LogP contribution in [0.25, 0.3) is 0 Å². The number of allylic oxidation sites excluding steroid dienone is 2. The summed E-state index contributed by atoms with van der Waals surface area (Å²) >= 11 is 0. The molecule has 0 unspecified atom stereocenters. The van der Waals surface area contributed by atoms with Gasteiger partial charge in [0.05, 0.1) is 24.8 Å². The van der Waals surface area contributed by atoms with E-state index in [9.17, 15) is 4.79 Å². The first kappa shape index (κ1) is 31.0. The second kappa shape index (κ2) is 10.4. The Morgan fingerprint density at radius 2 is 1.75 bits per heavy atom. The Bertz CT molecular complexity index is 1310. The predicted octanol–water partition coefficient (Wildman–Crippen LogP) is 7.33. The molecule has 1 aliphatic heterocycles. The maximum Gasteiger partial charge on any atom is 0.226 e. The second-order valence-corrected chi connectivity index (χ2v) is 18.0.